The van der Waals surface area contributed by atoms with Gasteiger partial charge in [0.15, 0.2) is 8.32 Å². The van der Waals surface area contributed by atoms with Crippen molar-refractivity contribution in [2.45, 2.75) is 91.8 Å². The van der Waals surface area contributed by atoms with Gasteiger partial charge in [-0.3, -0.25) is 0 Å². The topological polar surface area (TPSA) is 9.23 Å². The van der Waals surface area contributed by atoms with E-state index < -0.39 is 8.32 Å². The molecule has 22 heavy (non-hydrogen) atoms. The number of rotatable bonds is 8. The van der Waals surface area contributed by atoms with Gasteiger partial charge in [0.1, 0.15) is 0 Å². The van der Waals surface area contributed by atoms with Gasteiger partial charge in [-0.15, -0.1) is 11.8 Å². The van der Waals surface area contributed by atoms with Crippen molar-refractivity contribution in [2.75, 3.05) is 6.61 Å². The lowest BCUT2D eigenvalue weighted by Gasteiger charge is -2.36. The molecule has 0 aliphatic rings. The predicted molar refractivity (Wildman–Crippen MR) is 103 cm³/mol. The van der Waals surface area contributed by atoms with Crippen LogP contribution in [0.1, 0.15) is 73.6 Å². The van der Waals surface area contributed by atoms with Crippen molar-refractivity contribution in [1.29, 1.82) is 0 Å². The Bertz CT molecular complexity index is 386. The fraction of sp³-hybridized carbons (Fsp3) is 0.800. The first-order chi connectivity index (χ1) is 10.1. The van der Waals surface area contributed by atoms with E-state index in [2.05, 4.69) is 72.6 Å². The zero-order valence-electron chi connectivity index (χ0n) is 16.3. The van der Waals surface area contributed by atoms with Crippen molar-refractivity contribution < 1.29 is 4.43 Å². The first-order valence-corrected chi connectivity index (χ1v) is 11.7. The molecule has 0 unspecified atom stereocenters. The Morgan fingerprint density at radius 2 is 1.68 bits per heavy atom. The van der Waals surface area contributed by atoms with E-state index in [1.165, 1.54) is 12.0 Å². The van der Waals surface area contributed by atoms with Crippen LogP contribution in [0.4, 0.5) is 0 Å². The SMILES string of the molecule is CC(C)=CCCC#CCC[C@H](C)CCO[Si](C)(C)C(C)(C)C. The summed E-state index contributed by atoms with van der Waals surface area (Å²) in [5.74, 6) is 7.29. The third-order valence-corrected chi connectivity index (χ3v) is 9.13. The van der Waals surface area contributed by atoms with Gasteiger partial charge in [-0.1, -0.05) is 39.3 Å². The number of unbranched alkanes of at least 4 members (excludes halogenated alkanes) is 1. The van der Waals surface area contributed by atoms with E-state index in [-0.39, 0.29) is 0 Å². The molecule has 0 aromatic heterocycles. The van der Waals surface area contributed by atoms with Gasteiger partial charge >= 0.3 is 0 Å². The Morgan fingerprint density at radius 1 is 1.09 bits per heavy atom. The molecule has 0 amide bonds. The maximum absolute atomic E-state index is 6.24. The van der Waals surface area contributed by atoms with E-state index in [4.69, 9.17) is 4.43 Å². The smallest absolute Gasteiger partial charge is 0.191 e. The monoisotopic (exact) mass is 322 g/mol. The average Bonchev–Trinajstić information content (AvgIpc) is 2.35. The summed E-state index contributed by atoms with van der Waals surface area (Å²) in [5, 5.41) is 0.313. The molecule has 1 atom stereocenters. The summed E-state index contributed by atoms with van der Waals surface area (Å²) < 4.78 is 6.24. The van der Waals surface area contributed by atoms with E-state index >= 15 is 0 Å². The van der Waals surface area contributed by atoms with E-state index in [1.807, 2.05) is 0 Å². The first-order valence-electron chi connectivity index (χ1n) is 8.79. The van der Waals surface area contributed by atoms with Crippen molar-refractivity contribution in [3.05, 3.63) is 11.6 Å². The average molecular weight is 323 g/mol. The van der Waals surface area contributed by atoms with E-state index in [9.17, 15) is 0 Å². The minimum Gasteiger partial charge on any atom is -0.417 e. The molecule has 0 aliphatic carbocycles. The van der Waals surface area contributed by atoms with Crippen molar-refractivity contribution in [3.8, 4) is 11.8 Å². The van der Waals surface area contributed by atoms with Crippen LogP contribution in [0.2, 0.25) is 18.1 Å². The van der Waals surface area contributed by atoms with Gasteiger partial charge in [0, 0.05) is 19.4 Å². The van der Waals surface area contributed by atoms with Gasteiger partial charge in [-0.25, -0.2) is 0 Å². The van der Waals surface area contributed by atoms with Gasteiger partial charge in [0.25, 0.3) is 0 Å². The van der Waals surface area contributed by atoms with Crippen molar-refractivity contribution >= 4 is 8.32 Å². The summed E-state index contributed by atoms with van der Waals surface area (Å²) in [4.78, 5) is 0. The minimum absolute atomic E-state index is 0.313. The molecule has 0 bridgehead atoms. The molecular formula is C20H38OSi. The minimum atomic E-state index is -1.57. The molecule has 0 saturated heterocycles. The van der Waals surface area contributed by atoms with E-state index in [1.54, 1.807) is 0 Å². The molecule has 0 rings (SSSR count). The highest BCUT2D eigenvalue weighted by Crippen LogP contribution is 2.36. The van der Waals surface area contributed by atoms with Crippen LogP contribution in [0.3, 0.4) is 0 Å². The molecule has 0 N–H and O–H groups in total. The highest BCUT2D eigenvalue weighted by molar-refractivity contribution is 6.74. The molecule has 0 heterocycles. The molecule has 0 radical (unpaired) electrons. The van der Waals surface area contributed by atoms with Gasteiger partial charge in [0.2, 0.25) is 0 Å². The Hall–Kier alpha value is -0.523. The Kier molecular flexibility index (Phi) is 10.0. The zero-order valence-corrected chi connectivity index (χ0v) is 17.3. The lowest BCUT2D eigenvalue weighted by Crippen LogP contribution is -2.41. The van der Waals surface area contributed by atoms with Crippen molar-refractivity contribution in [3.63, 3.8) is 0 Å². The van der Waals surface area contributed by atoms with Crippen LogP contribution in [0.25, 0.3) is 0 Å². The molecule has 2 heteroatoms. The lowest BCUT2D eigenvalue weighted by atomic mass is 10.0. The second-order valence-corrected chi connectivity index (χ2v) is 13.0. The fourth-order valence-corrected chi connectivity index (χ4v) is 2.87. The Balaban J connectivity index is 3.82. The van der Waals surface area contributed by atoms with Crippen LogP contribution in [-0.4, -0.2) is 14.9 Å². The van der Waals surface area contributed by atoms with Gasteiger partial charge < -0.3 is 4.43 Å². The third-order valence-electron chi connectivity index (χ3n) is 4.59. The highest BCUT2D eigenvalue weighted by Gasteiger charge is 2.36. The molecule has 0 fully saturated rings. The Labute approximate surface area is 141 Å². The Morgan fingerprint density at radius 3 is 2.23 bits per heavy atom. The molecule has 128 valence electrons. The van der Waals surface area contributed by atoms with Gasteiger partial charge in [-0.2, -0.15) is 0 Å². The van der Waals surface area contributed by atoms with E-state index in [0.717, 1.165) is 32.3 Å². The standard InChI is InChI=1S/C20H38OSi/c1-18(2)14-12-10-9-11-13-15-19(3)16-17-21-22(7,8)20(4,5)6/h14,19H,10,12-13,15-17H2,1-8H3/t19-/m0/s1. The molecule has 0 saturated carbocycles. The van der Waals surface area contributed by atoms with Crippen LogP contribution >= 0.6 is 0 Å². The normalized spacial score (nSPS) is 13.3. The first kappa shape index (κ1) is 21.5. The molecule has 0 aromatic carbocycles. The fourth-order valence-electron chi connectivity index (χ4n) is 1.80. The molecule has 0 aromatic rings. The third kappa shape index (κ3) is 10.2. The second-order valence-electron chi connectivity index (χ2n) is 8.21. The summed E-state index contributed by atoms with van der Waals surface area (Å²) in [6.07, 6.45) is 7.72. The van der Waals surface area contributed by atoms with Crippen LogP contribution in [-0.2, 0) is 4.43 Å². The molecular weight excluding hydrogens is 284 g/mol. The zero-order chi connectivity index (χ0) is 17.2. The van der Waals surface area contributed by atoms with E-state index in [0.29, 0.717) is 11.0 Å². The number of hydrogen-bond acceptors (Lipinski definition) is 1. The highest BCUT2D eigenvalue weighted by atomic mass is 28.4. The quantitative estimate of drug-likeness (QED) is 0.213. The summed E-state index contributed by atoms with van der Waals surface area (Å²) in [7, 11) is -1.57. The number of hydrogen-bond donors (Lipinski definition) is 0. The summed E-state index contributed by atoms with van der Waals surface area (Å²) in [5.41, 5.74) is 1.39. The molecule has 0 spiro atoms. The predicted octanol–water partition coefficient (Wildman–Crippen LogP) is 6.56. The summed E-state index contributed by atoms with van der Waals surface area (Å²) in [6, 6.07) is 0. The molecule has 1 nitrogen and oxygen atoms in total. The van der Waals surface area contributed by atoms with Crippen LogP contribution in [0, 0.1) is 17.8 Å². The molecule has 0 aliphatic heterocycles. The number of allylic oxidation sites excluding steroid dienone is 2. The summed E-state index contributed by atoms with van der Waals surface area (Å²) in [6.45, 7) is 19.1. The summed E-state index contributed by atoms with van der Waals surface area (Å²) >= 11 is 0. The maximum Gasteiger partial charge on any atom is 0.191 e. The van der Waals surface area contributed by atoms with Crippen molar-refractivity contribution in [2.24, 2.45) is 5.92 Å². The largest absolute Gasteiger partial charge is 0.417 e. The van der Waals surface area contributed by atoms with Crippen LogP contribution in [0.5, 0.6) is 0 Å². The van der Waals surface area contributed by atoms with Crippen LogP contribution < -0.4 is 0 Å². The van der Waals surface area contributed by atoms with Crippen molar-refractivity contribution in [1.82, 2.24) is 0 Å². The van der Waals surface area contributed by atoms with Crippen LogP contribution in [0.15, 0.2) is 11.6 Å². The van der Waals surface area contributed by atoms with Gasteiger partial charge in [-0.05, 0) is 57.2 Å². The second kappa shape index (κ2) is 10.3. The lowest BCUT2D eigenvalue weighted by molar-refractivity contribution is 0.257. The maximum atomic E-state index is 6.24. The van der Waals surface area contributed by atoms with Gasteiger partial charge in [0.05, 0.1) is 0 Å².